The Hall–Kier alpha value is -3.06. The zero-order chi connectivity index (χ0) is 20.0. The third-order valence-electron chi connectivity index (χ3n) is 3.71. The fourth-order valence-corrected chi connectivity index (χ4v) is 3.66. The van der Waals surface area contributed by atoms with Gasteiger partial charge in [-0.15, -0.1) is 10.2 Å². The van der Waals surface area contributed by atoms with Gasteiger partial charge in [0.1, 0.15) is 10.7 Å². The van der Waals surface area contributed by atoms with Crippen molar-refractivity contribution < 1.29 is 21.6 Å². The summed E-state index contributed by atoms with van der Waals surface area (Å²) in [6.45, 7) is 1.57. The van der Waals surface area contributed by atoms with Crippen molar-refractivity contribution in [1.29, 1.82) is 0 Å². The van der Waals surface area contributed by atoms with Crippen LogP contribution in [0.3, 0.4) is 0 Å². The molecule has 2 aromatic heterocycles. The first-order valence-corrected chi connectivity index (χ1v) is 8.79. The summed E-state index contributed by atoms with van der Waals surface area (Å²) in [5.74, 6) is -0.174. The molecule has 1 aromatic carbocycles. The number of nitrogens with two attached hydrogens (primary N) is 2. The molecular weight excluding hydrogens is 387 g/mol. The highest BCUT2D eigenvalue weighted by molar-refractivity contribution is 7.89. The molecule has 0 saturated heterocycles. The van der Waals surface area contributed by atoms with Crippen LogP contribution in [-0.4, -0.2) is 34.0 Å². The first-order chi connectivity index (χ1) is 12.5. The Kier molecular flexibility index (Phi) is 4.35. The maximum absolute atomic E-state index is 13.5. The number of hydrogen-bond donors (Lipinski definition) is 3. The summed E-state index contributed by atoms with van der Waals surface area (Å²) in [5, 5.41) is 17.8. The van der Waals surface area contributed by atoms with E-state index >= 15 is 0 Å². The van der Waals surface area contributed by atoms with Gasteiger partial charge in [-0.1, -0.05) is 6.07 Å². The fourth-order valence-electron chi connectivity index (χ4n) is 2.68. The maximum atomic E-state index is 13.5. The predicted octanol–water partition coefficient (Wildman–Crippen LogP) is 1.49. The van der Waals surface area contributed by atoms with Gasteiger partial charge >= 0.3 is 6.18 Å². The number of alkyl halides is 3. The van der Waals surface area contributed by atoms with Crippen LogP contribution >= 0.6 is 0 Å². The van der Waals surface area contributed by atoms with E-state index in [9.17, 15) is 21.6 Å². The van der Waals surface area contributed by atoms with Gasteiger partial charge in [-0.05, 0) is 35.9 Å². The number of rotatable bonds is 3. The molecule has 142 valence electrons. The molecule has 3 rings (SSSR count). The minimum Gasteiger partial charge on any atom is -0.384 e. The number of tetrazole rings is 1. The van der Waals surface area contributed by atoms with Crippen LogP contribution in [0.25, 0.3) is 22.5 Å². The first kappa shape index (κ1) is 18.7. The molecule has 0 atom stereocenters. The quantitative estimate of drug-likeness (QED) is 0.603. The largest absolute Gasteiger partial charge is 0.417 e. The Bertz CT molecular complexity index is 1110. The lowest BCUT2D eigenvalue weighted by Gasteiger charge is -2.18. The van der Waals surface area contributed by atoms with Gasteiger partial charge in [-0.2, -0.15) is 18.4 Å². The number of aryl methyl sites for hydroxylation is 1. The number of sulfonamides is 1. The summed E-state index contributed by atoms with van der Waals surface area (Å²) >= 11 is 0. The molecule has 0 saturated carbocycles. The smallest absolute Gasteiger partial charge is 0.384 e. The summed E-state index contributed by atoms with van der Waals surface area (Å²) in [5.41, 5.74) is 4.51. The molecule has 9 nitrogen and oxygen atoms in total. The summed E-state index contributed by atoms with van der Waals surface area (Å²) < 4.78 is 64.6. The van der Waals surface area contributed by atoms with Crippen LogP contribution in [0.2, 0.25) is 0 Å². The number of halogens is 3. The van der Waals surface area contributed by atoms with Gasteiger partial charge in [-0.25, -0.2) is 18.5 Å². The monoisotopic (exact) mass is 399 g/mol. The van der Waals surface area contributed by atoms with Gasteiger partial charge in [0.25, 0.3) is 0 Å². The van der Waals surface area contributed by atoms with Crippen LogP contribution in [0.5, 0.6) is 0 Å². The Morgan fingerprint density at radius 3 is 2.30 bits per heavy atom. The predicted molar refractivity (Wildman–Crippen MR) is 88.4 cm³/mol. The summed E-state index contributed by atoms with van der Waals surface area (Å²) in [6.07, 6.45) is -4.98. The SMILES string of the molecule is Cc1nc(N)ccc1-c1ccc(C(F)(F)F)c(S(N)(=O)=O)c1-c1nn[nH]n1. The number of aromatic amines is 1. The second-order valence-electron chi connectivity index (χ2n) is 5.51. The number of primary sulfonamides is 1. The summed E-state index contributed by atoms with van der Waals surface area (Å²) in [4.78, 5) is 2.90. The molecule has 13 heteroatoms. The molecular formula is C14H12F3N7O2S. The first-order valence-electron chi connectivity index (χ1n) is 7.24. The van der Waals surface area contributed by atoms with E-state index in [0.29, 0.717) is 17.3 Å². The van der Waals surface area contributed by atoms with E-state index in [1.165, 1.54) is 12.1 Å². The lowest BCUT2D eigenvalue weighted by Crippen LogP contribution is -2.21. The van der Waals surface area contributed by atoms with Gasteiger partial charge in [-0.3, -0.25) is 0 Å². The average Bonchev–Trinajstić information content (AvgIpc) is 3.06. The van der Waals surface area contributed by atoms with Crippen LogP contribution in [-0.2, 0) is 16.2 Å². The minimum absolute atomic E-state index is 0.0819. The topological polar surface area (TPSA) is 154 Å². The normalized spacial score (nSPS) is 12.3. The van der Waals surface area contributed by atoms with E-state index < -0.39 is 32.2 Å². The fraction of sp³-hybridized carbons (Fsp3) is 0.143. The zero-order valence-corrected chi connectivity index (χ0v) is 14.4. The third kappa shape index (κ3) is 3.46. The van der Waals surface area contributed by atoms with E-state index in [4.69, 9.17) is 10.9 Å². The van der Waals surface area contributed by atoms with Crippen molar-refractivity contribution in [2.45, 2.75) is 18.0 Å². The molecule has 5 N–H and O–H groups in total. The third-order valence-corrected chi connectivity index (χ3v) is 4.71. The number of nitrogen functional groups attached to an aromatic ring is 1. The molecule has 0 aliphatic heterocycles. The number of nitrogens with one attached hydrogen (secondary N) is 1. The Morgan fingerprint density at radius 2 is 1.78 bits per heavy atom. The number of aromatic nitrogens is 5. The van der Waals surface area contributed by atoms with Gasteiger partial charge in [0, 0.05) is 11.3 Å². The lowest BCUT2D eigenvalue weighted by atomic mass is 9.95. The average molecular weight is 399 g/mol. The Balaban J connectivity index is 2.50. The molecule has 0 bridgehead atoms. The Labute approximate surface area is 150 Å². The molecule has 0 unspecified atom stereocenters. The van der Waals surface area contributed by atoms with Crippen LogP contribution < -0.4 is 10.9 Å². The van der Waals surface area contributed by atoms with E-state index in [-0.39, 0.29) is 17.2 Å². The maximum Gasteiger partial charge on any atom is 0.417 e. The van der Waals surface area contributed by atoms with E-state index in [1.807, 2.05) is 0 Å². The van der Waals surface area contributed by atoms with Crippen molar-refractivity contribution in [3.8, 4) is 22.5 Å². The highest BCUT2D eigenvalue weighted by Gasteiger charge is 2.40. The van der Waals surface area contributed by atoms with E-state index in [0.717, 1.165) is 6.07 Å². The summed E-state index contributed by atoms with van der Waals surface area (Å²) in [7, 11) is -4.81. The molecule has 27 heavy (non-hydrogen) atoms. The zero-order valence-electron chi connectivity index (χ0n) is 13.6. The van der Waals surface area contributed by atoms with Crippen LogP contribution in [0, 0.1) is 6.92 Å². The summed E-state index contributed by atoms with van der Waals surface area (Å²) in [6, 6.07) is 4.66. The van der Waals surface area contributed by atoms with Crippen molar-refractivity contribution in [1.82, 2.24) is 25.6 Å². The minimum atomic E-state index is -4.98. The number of benzene rings is 1. The van der Waals surface area contributed by atoms with Crippen molar-refractivity contribution >= 4 is 15.8 Å². The van der Waals surface area contributed by atoms with Crippen LogP contribution in [0.1, 0.15) is 11.3 Å². The van der Waals surface area contributed by atoms with Gasteiger partial charge in [0.05, 0.1) is 11.1 Å². The van der Waals surface area contributed by atoms with Crippen LogP contribution in [0.4, 0.5) is 19.0 Å². The molecule has 0 amide bonds. The van der Waals surface area contributed by atoms with Gasteiger partial charge in [0.2, 0.25) is 15.8 Å². The molecule has 0 radical (unpaired) electrons. The van der Waals surface area contributed by atoms with Gasteiger partial charge < -0.3 is 5.73 Å². The Morgan fingerprint density at radius 1 is 1.11 bits per heavy atom. The molecule has 0 fully saturated rings. The van der Waals surface area contributed by atoms with Crippen molar-refractivity contribution in [2.75, 3.05) is 5.73 Å². The van der Waals surface area contributed by atoms with Crippen molar-refractivity contribution in [3.05, 3.63) is 35.5 Å². The number of hydrogen-bond acceptors (Lipinski definition) is 7. The van der Waals surface area contributed by atoms with Crippen molar-refractivity contribution in [3.63, 3.8) is 0 Å². The van der Waals surface area contributed by atoms with Crippen molar-refractivity contribution in [2.24, 2.45) is 5.14 Å². The standard InChI is InChI=1S/C14H12F3N7O2S/c1-6-7(3-5-10(18)20-6)8-2-4-9(14(15,16)17)12(27(19,25)26)11(8)13-21-23-24-22-13/h2-5H,1H3,(H2,18,20)(H2,19,25,26)(H,21,22,23,24). The van der Waals surface area contributed by atoms with E-state index in [2.05, 4.69) is 25.6 Å². The van der Waals surface area contributed by atoms with E-state index in [1.54, 1.807) is 6.92 Å². The van der Waals surface area contributed by atoms with Crippen LogP contribution in [0.15, 0.2) is 29.2 Å². The number of H-pyrrole nitrogens is 1. The lowest BCUT2D eigenvalue weighted by molar-refractivity contribution is -0.139. The molecule has 0 aliphatic carbocycles. The molecule has 0 spiro atoms. The molecule has 3 aromatic rings. The molecule has 0 aliphatic rings. The molecule has 2 heterocycles. The number of anilines is 1. The number of pyridine rings is 1. The van der Waals surface area contributed by atoms with Gasteiger partial charge in [0.15, 0.2) is 0 Å². The second kappa shape index (κ2) is 6.28. The number of nitrogens with zero attached hydrogens (tertiary/aromatic N) is 4. The second-order valence-corrected chi connectivity index (χ2v) is 7.01. The highest BCUT2D eigenvalue weighted by atomic mass is 32.2. The highest BCUT2D eigenvalue weighted by Crippen LogP contribution is 2.43.